The van der Waals surface area contributed by atoms with Gasteiger partial charge in [-0.25, -0.2) is 4.79 Å². The van der Waals surface area contributed by atoms with Gasteiger partial charge in [-0.05, 0) is 37.5 Å². The molecule has 0 saturated heterocycles. The molecule has 2 rings (SSSR count). The highest BCUT2D eigenvalue weighted by Crippen LogP contribution is 2.33. The Labute approximate surface area is 107 Å². The Morgan fingerprint density at radius 2 is 2.06 bits per heavy atom. The normalized spacial score (nSPS) is 31.8. The number of rotatable bonds is 0. The monoisotopic (exact) mass is 246 g/mol. The Balaban J connectivity index is 2.37. The fraction of sp³-hybridized carbons (Fsp3) is 0.467. The fourth-order valence-electron chi connectivity index (χ4n) is 2.09. The molecule has 0 amide bonds. The molecule has 0 saturated carbocycles. The van der Waals surface area contributed by atoms with Crippen LogP contribution in [0, 0.1) is 5.41 Å². The Morgan fingerprint density at radius 3 is 2.78 bits per heavy atom. The maximum Gasteiger partial charge on any atom is 0.334 e. The molecule has 3 heteroatoms. The topological polar surface area (TPSA) is 43.4 Å². The Hall–Kier alpha value is -1.64. The molecule has 3 nitrogen and oxygen atoms in total. The summed E-state index contributed by atoms with van der Waals surface area (Å²) in [5.41, 5.74) is 1.09. The lowest BCUT2D eigenvalue weighted by Crippen LogP contribution is -2.27. The van der Waals surface area contributed by atoms with Gasteiger partial charge in [0, 0.05) is 11.0 Å². The largest absolute Gasteiger partial charge is 0.454 e. The van der Waals surface area contributed by atoms with Crippen LogP contribution >= 0.6 is 0 Å². The summed E-state index contributed by atoms with van der Waals surface area (Å²) < 4.78 is 5.36. The van der Waals surface area contributed by atoms with Crippen molar-refractivity contribution in [2.75, 3.05) is 0 Å². The van der Waals surface area contributed by atoms with Crippen molar-refractivity contribution in [1.82, 2.24) is 0 Å². The predicted molar refractivity (Wildman–Crippen MR) is 68.9 cm³/mol. The number of esters is 1. The Morgan fingerprint density at radius 1 is 1.33 bits per heavy atom. The van der Waals surface area contributed by atoms with E-state index in [-0.39, 0.29) is 23.3 Å². The predicted octanol–water partition coefficient (Wildman–Crippen LogP) is 2.73. The maximum absolute atomic E-state index is 11.8. The van der Waals surface area contributed by atoms with Crippen molar-refractivity contribution in [3.05, 3.63) is 35.5 Å². The van der Waals surface area contributed by atoms with Gasteiger partial charge in [-0.15, -0.1) is 0 Å². The third-order valence-corrected chi connectivity index (χ3v) is 3.50. The highest BCUT2D eigenvalue weighted by atomic mass is 16.5. The highest BCUT2D eigenvalue weighted by molar-refractivity contribution is 6.03. The van der Waals surface area contributed by atoms with Crippen LogP contribution in [0.15, 0.2) is 35.5 Å². The molecule has 0 aromatic heterocycles. The lowest BCUT2D eigenvalue weighted by Gasteiger charge is -2.25. The van der Waals surface area contributed by atoms with Crippen molar-refractivity contribution in [2.24, 2.45) is 5.41 Å². The van der Waals surface area contributed by atoms with Crippen molar-refractivity contribution >= 4 is 11.8 Å². The van der Waals surface area contributed by atoms with Gasteiger partial charge >= 0.3 is 5.97 Å². The van der Waals surface area contributed by atoms with Crippen LogP contribution in [-0.2, 0) is 14.3 Å². The van der Waals surface area contributed by atoms with Gasteiger partial charge in [-0.3, -0.25) is 4.79 Å². The average molecular weight is 246 g/mol. The number of hydrogen-bond acceptors (Lipinski definition) is 3. The molecule has 1 aliphatic carbocycles. The second-order valence-electron chi connectivity index (χ2n) is 5.46. The SMILES string of the molecule is C/C1=C\CCC2=C[C@@H](OC2=O)C(C)(C)/C=C\C1=O. The first kappa shape index (κ1) is 12.8. The third kappa shape index (κ3) is 2.45. The average Bonchev–Trinajstić information content (AvgIpc) is 2.67. The second-order valence-corrected chi connectivity index (χ2v) is 5.46. The molecular weight excluding hydrogens is 228 g/mol. The number of allylic oxidation sites excluding steroid dienone is 3. The molecule has 2 bridgehead atoms. The van der Waals surface area contributed by atoms with E-state index in [2.05, 4.69) is 0 Å². The molecule has 0 spiro atoms. The van der Waals surface area contributed by atoms with Crippen LogP contribution in [-0.4, -0.2) is 17.9 Å². The zero-order valence-electron chi connectivity index (χ0n) is 11.0. The summed E-state index contributed by atoms with van der Waals surface area (Å²) in [5.74, 6) is -0.198. The van der Waals surface area contributed by atoms with E-state index in [0.717, 1.165) is 11.1 Å². The van der Waals surface area contributed by atoms with Gasteiger partial charge in [0.2, 0.25) is 0 Å². The number of fused-ring (bicyclic) bond motifs is 1. The van der Waals surface area contributed by atoms with Crippen LogP contribution < -0.4 is 0 Å². The molecule has 1 aliphatic heterocycles. The summed E-state index contributed by atoms with van der Waals surface area (Å²) in [5, 5.41) is 0. The first-order valence-corrected chi connectivity index (χ1v) is 6.22. The minimum atomic E-state index is -0.363. The molecule has 1 atom stereocenters. The molecule has 1 heterocycles. The van der Waals surface area contributed by atoms with Gasteiger partial charge in [0.1, 0.15) is 6.10 Å². The minimum Gasteiger partial charge on any atom is -0.454 e. The van der Waals surface area contributed by atoms with E-state index in [4.69, 9.17) is 4.74 Å². The molecule has 0 aromatic rings. The summed E-state index contributed by atoms with van der Waals surface area (Å²) in [4.78, 5) is 23.5. The minimum absolute atomic E-state index is 0.0252. The van der Waals surface area contributed by atoms with Gasteiger partial charge in [0.25, 0.3) is 0 Å². The number of ether oxygens (including phenoxy) is 1. The summed E-state index contributed by atoms with van der Waals surface area (Å²) in [6.07, 6.45) is 8.24. The van der Waals surface area contributed by atoms with Crippen LogP contribution in [0.1, 0.15) is 33.6 Å². The third-order valence-electron chi connectivity index (χ3n) is 3.50. The van der Waals surface area contributed by atoms with Gasteiger partial charge in [0.05, 0.1) is 0 Å². The molecule has 0 aromatic carbocycles. The Bertz CT molecular complexity index is 478. The van der Waals surface area contributed by atoms with Crippen molar-refractivity contribution in [3.8, 4) is 0 Å². The zero-order chi connectivity index (χ0) is 13.3. The van der Waals surface area contributed by atoms with Gasteiger partial charge < -0.3 is 4.74 Å². The molecule has 2 aliphatic rings. The van der Waals surface area contributed by atoms with Crippen LogP contribution in [0.4, 0.5) is 0 Å². The van der Waals surface area contributed by atoms with Gasteiger partial charge in [-0.1, -0.05) is 26.0 Å². The summed E-state index contributed by atoms with van der Waals surface area (Å²) in [6, 6.07) is 0. The summed E-state index contributed by atoms with van der Waals surface area (Å²) in [6.45, 7) is 5.73. The van der Waals surface area contributed by atoms with Crippen molar-refractivity contribution in [3.63, 3.8) is 0 Å². The number of carbonyl (C=O) groups is 2. The number of hydrogen-bond donors (Lipinski definition) is 0. The fourth-order valence-corrected chi connectivity index (χ4v) is 2.09. The van der Waals surface area contributed by atoms with E-state index in [0.29, 0.717) is 12.8 Å². The van der Waals surface area contributed by atoms with Gasteiger partial charge in [-0.2, -0.15) is 0 Å². The van der Waals surface area contributed by atoms with Crippen molar-refractivity contribution < 1.29 is 14.3 Å². The van der Waals surface area contributed by atoms with E-state index < -0.39 is 0 Å². The second kappa shape index (κ2) is 4.56. The molecule has 0 radical (unpaired) electrons. The van der Waals surface area contributed by atoms with Crippen molar-refractivity contribution in [2.45, 2.75) is 39.7 Å². The van der Waals surface area contributed by atoms with Crippen LogP contribution in [0.25, 0.3) is 0 Å². The molecule has 96 valence electrons. The first-order chi connectivity index (χ1) is 8.40. The molecular formula is C15H18O3. The zero-order valence-corrected chi connectivity index (χ0v) is 11.0. The van der Waals surface area contributed by atoms with Crippen LogP contribution in [0.3, 0.4) is 0 Å². The van der Waals surface area contributed by atoms with E-state index in [1.807, 2.05) is 39.0 Å². The quantitative estimate of drug-likeness (QED) is 0.617. The van der Waals surface area contributed by atoms with Gasteiger partial charge in [0.15, 0.2) is 5.78 Å². The number of carbonyl (C=O) groups excluding carboxylic acids is 2. The van der Waals surface area contributed by atoms with Crippen molar-refractivity contribution in [1.29, 1.82) is 0 Å². The lowest BCUT2D eigenvalue weighted by atomic mass is 9.85. The molecule has 0 N–H and O–H groups in total. The smallest absolute Gasteiger partial charge is 0.334 e. The maximum atomic E-state index is 11.8. The standard InChI is InChI=1S/C15H18O3/c1-10-5-4-6-11-9-13(18-14(11)17)15(2,3)8-7-12(10)16/h5,7-9,13H,4,6H2,1-3H3/b8-7-,10-5+/t13-/m1/s1. The molecule has 0 fully saturated rings. The van der Waals surface area contributed by atoms with E-state index in [1.165, 1.54) is 0 Å². The van der Waals surface area contributed by atoms with Crippen LogP contribution in [0.5, 0.6) is 0 Å². The number of ketones is 1. The highest BCUT2D eigenvalue weighted by Gasteiger charge is 2.35. The van der Waals surface area contributed by atoms with E-state index in [1.54, 1.807) is 6.08 Å². The molecule has 18 heavy (non-hydrogen) atoms. The first-order valence-electron chi connectivity index (χ1n) is 6.22. The summed E-state index contributed by atoms with van der Waals surface area (Å²) >= 11 is 0. The molecule has 0 unspecified atom stereocenters. The Kier molecular flexibility index (Phi) is 3.24. The van der Waals surface area contributed by atoms with E-state index >= 15 is 0 Å². The van der Waals surface area contributed by atoms with E-state index in [9.17, 15) is 9.59 Å². The van der Waals surface area contributed by atoms with Crippen LogP contribution in [0.2, 0.25) is 0 Å². The lowest BCUT2D eigenvalue weighted by molar-refractivity contribution is -0.142. The summed E-state index contributed by atoms with van der Waals surface area (Å²) in [7, 11) is 0.